The highest BCUT2D eigenvalue weighted by Crippen LogP contribution is 2.29. The van der Waals surface area contributed by atoms with E-state index in [1.54, 1.807) is 6.07 Å². The van der Waals surface area contributed by atoms with Gasteiger partial charge in [0, 0.05) is 0 Å². The van der Waals surface area contributed by atoms with E-state index in [9.17, 15) is 4.79 Å². The van der Waals surface area contributed by atoms with Crippen molar-refractivity contribution >= 4 is 5.97 Å². The molecule has 0 unspecified atom stereocenters. The normalized spacial score (nSPS) is 11.1. The summed E-state index contributed by atoms with van der Waals surface area (Å²) in [5.41, 5.74) is 2.81. The van der Waals surface area contributed by atoms with E-state index in [0.29, 0.717) is 17.9 Å². The molecule has 3 heteroatoms. The van der Waals surface area contributed by atoms with Crippen molar-refractivity contribution in [1.29, 1.82) is 0 Å². The molecule has 0 amide bonds. The minimum absolute atomic E-state index is 0.355. The van der Waals surface area contributed by atoms with Crippen LogP contribution >= 0.6 is 0 Å². The van der Waals surface area contributed by atoms with Gasteiger partial charge in [-0.05, 0) is 55.7 Å². The maximum atomic E-state index is 12.8. The lowest BCUT2D eigenvalue weighted by Gasteiger charge is -2.21. The standard InChI is InChI=1S/C24H24O3/c1-24(2,3)27-23(25)22-16-20(26-17-18-10-6-4-7-11-18)14-15-21(22)19-12-8-5-9-13-19/h4-16H,17H2,1-3H3. The second-order valence-electron chi connectivity index (χ2n) is 7.35. The van der Waals surface area contributed by atoms with Crippen molar-refractivity contribution in [3.63, 3.8) is 0 Å². The van der Waals surface area contributed by atoms with E-state index in [0.717, 1.165) is 16.7 Å². The number of rotatable bonds is 5. The van der Waals surface area contributed by atoms with Gasteiger partial charge in [-0.2, -0.15) is 0 Å². The van der Waals surface area contributed by atoms with E-state index in [2.05, 4.69) is 0 Å². The van der Waals surface area contributed by atoms with E-state index >= 15 is 0 Å². The SMILES string of the molecule is CC(C)(C)OC(=O)c1cc(OCc2ccccc2)ccc1-c1ccccc1. The first-order valence-corrected chi connectivity index (χ1v) is 9.02. The van der Waals surface area contributed by atoms with Crippen molar-refractivity contribution in [2.45, 2.75) is 33.0 Å². The van der Waals surface area contributed by atoms with Crippen LogP contribution in [0.3, 0.4) is 0 Å². The molecule has 0 N–H and O–H groups in total. The molecule has 27 heavy (non-hydrogen) atoms. The molecule has 3 aromatic rings. The predicted octanol–water partition coefficient (Wildman–Crippen LogP) is 5.89. The molecule has 0 aliphatic heterocycles. The van der Waals surface area contributed by atoms with Gasteiger partial charge in [0.1, 0.15) is 18.0 Å². The molecular formula is C24H24O3. The van der Waals surface area contributed by atoms with Crippen LogP contribution in [0, 0.1) is 0 Å². The molecule has 0 heterocycles. The molecule has 3 nitrogen and oxygen atoms in total. The molecule has 0 atom stereocenters. The Kier molecular flexibility index (Phi) is 5.60. The van der Waals surface area contributed by atoms with Gasteiger partial charge in [-0.15, -0.1) is 0 Å². The Bertz CT molecular complexity index is 894. The first-order valence-electron chi connectivity index (χ1n) is 9.02. The maximum Gasteiger partial charge on any atom is 0.339 e. The summed E-state index contributed by atoms with van der Waals surface area (Å²) in [4.78, 5) is 12.8. The van der Waals surface area contributed by atoms with Gasteiger partial charge in [-0.1, -0.05) is 60.7 Å². The number of carbonyl (C=O) groups is 1. The Labute approximate surface area is 160 Å². The summed E-state index contributed by atoms with van der Waals surface area (Å²) >= 11 is 0. The van der Waals surface area contributed by atoms with Crippen LogP contribution in [0.2, 0.25) is 0 Å². The zero-order chi connectivity index (χ0) is 19.3. The number of carbonyl (C=O) groups excluding carboxylic acids is 1. The number of esters is 1. The molecule has 0 aromatic heterocycles. The fourth-order valence-electron chi connectivity index (χ4n) is 2.73. The van der Waals surface area contributed by atoms with Crippen molar-refractivity contribution in [2.75, 3.05) is 0 Å². The molecule has 0 aliphatic rings. The van der Waals surface area contributed by atoms with Gasteiger partial charge < -0.3 is 9.47 Å². The molecule has 0 bridgehead atoms. The number of hydrogen-bond donors (Lipinski definition) is 0. The molecule has 0 spiro atoms. The Balaban J connectivity index is 1.91. The summed E-state index contributed by atoms with van der Waals surface area (Å²) in [7, 11) is 0. The lowest BCUT2D eigenvalue weighted by Crippen LogP contribution is -2.24. The van der Waals surface area contributed by atoms with Crippen molar-refractivity contribution in [3.8, 4) is 16.9 Å². The van der Waals surface area contributed by atoms with Gasteiger partial charge in [-0.25, -0.2) is 4.79 Å². The Morgan fingerprint density at radius 1 is 0.852 bits per heavy atom. The number of hydrogen-bond acceptors (Lipinski definition) is 3. The van der Waals surface area contributed by atoms with Crippen LogP contribution in [0.5, 0.6) is 5.75 Å². The van der Waals surface area contributed by atoms with Crippen molar-refractivity contribution in [2.24, 2.45) is 0 Å². The van der Waals surface area contributed by atoms with E-state index in [4.69, 9.17) is 9.47 Å². The molecule has 3 rings (SSSR count). The summed E-state index contributed by atoms with van der Waals surface area (Å²) in [6, 6.07) is 25.3. The largest absolute Gasteiger partial charge is 0.489 e. The van der Waals surface area contributed by atoms with Gasteiger partial charge in [0.25, 0.3) is 0 Å². The summed E-state index contributed by atoms with van der Waals surface area (Å²) in [6.07, 6.45) is 0. The third kappa shape index (κ3) is 5.20. The van der Waals surface area contributed by atoms with Crippen molar-refractivity contribution in [3.05, 3.63) is 90.0 Å². The van der Waals surface area contributed by atoms with Gasteiger partial charge >= 0.3 is 5.97 Å². The zero-order valence-electron chi connectivity index (χ0n) is 15.9. The summed E-state index contributed by atoms with van der Waals surface area (Å²) < 4.78 is 11.5. The van der Waals surface area contributed by atoms with Crippen molar-refractivity contribution < 1.29 is 14.3 Å². The van der Waals surface area contributed by atoms with Crippen LogP contribution in [0.4, 0.5) is 0 Å². The van der Waals surface area contributed by atoms with Crippen LogP contribution in [-0.4, -0.2) is 11.6 Å². The molecule has 0 radical (unpaired) electrons. The molecule has 0 saturated heterocycles. The number of ether oxygens (including phenoxy) is 2. The van der Waals surface area contributed by atoms with Crippen LogP contribution in [-0.2, 0) is 11.3 Å². The lowest BCUT2D eigenvalue weighted by molar-refractivity contribution is 0.00700. The second-order valence-corrected chi connectivity index (χ2v) is 7.35. The molecular weight excluding hydrogens is 336 g/mol. The van der Waals surface area contributed by atoms with Gasteiger partial charge in [-0.3, -0.25) is 0 Å². The number of benzene rings is 3. The highest BCUT2D eigenvalue weighted by atomic mass is 16.6. The monoisotopic (exact) mass is 360 g/mol. The highest BCUT2D eigenvalue weighted by molar-refractivity contribution is 5.98. The summed E-state index contributed by atoms with van der Waals surface area (Å²) in [6.45, 7) is 6.04. The Morgan fingerprint density at radius 2 is 1.48 bits per heavy atom. The Hall–Kier alpha value is -3.07. The van der Waals surface area contributed by atoms with Crippen LogP contribution in [0.15, 0.2) is 78.9 Å². The van der Waals surface area contributed by atoms with Gasteiger partial charge in [0.15, 0.2) is 0 Å². The summed E-state index contributed by atoms with van der Waals surface area (Å²) in [5.74, 6) is 0.283. The quantitative estimate of drug-likeness (QED) is 0.532. The topological polar surface area (TPSA) is 35.5 Å². The van der Waals surface area contributed by atoms with E-state index in [1.807, 2.05) is 93.6 Å². The predicted molar refractivity (Wildman–Crippen MR) is 108 cm³/mol. The average molecular weight is 360 g/mol. The van der Waals surface area contributed by atoms with Gasteiger partial charge in [0.2, 0.25) is 0 Å². The fourth-order valence-corrected chi connectivity index (χ4v) is 2.73. The maximum absolute atomic E-state index is 12.8. The molecule has 0 fully saturated rings. The van der Waals surface area contributed by atoms with Crippen LogP contribution in [0.25, 0.3) is 11.1 Å². The minimum atomic E-state index is -0.564. The molecule has 3 aromatic carbocycles. The highest BCUT2D eigenvalue weighted by Gasteiger charge is 2.21. The minimum Gasteiger partial charge on any atom is -0.489 e. The smallest absolute Gasteiger partial charge is 0.339 e. The van der Waals surface area contributed by atoms with Crippen LogP contribution in [0.1, 0.15) is 36.7 Å². The van der Waals surface area contributed by atoms with E-state index < -0.39 is 5.60 Å². The molecule has 0 aliphatic carbocycles. The second kappa shape index (κ2) is 8.09. The Morgan fingerprint density at radius 3 is 2.11 bits per heavy atom. The van der Waals surface area contributed by atoms with Crippen LogP contribution < -0.4 is 4.74 Å². The zero-order valence-corrected chi connectivity index (χ0v) is 15.9. The van der Waals surface area contributed by atoms with Crippen molar-refractivity contribution in [1.82, 2.24) is 0 Å². The first kappa shape index (κ1) is 18.7. The first-order chi connectivity index (χ1) is 12.9. The fraction of sp³-hybridized carbons (Fsp3) is 0.208. The van der Waals surface area contributed by atoms with Gasteiger partial charge in [0.05, 0.1) is 5.56 Å². The van der Waals surface area contributed by atoms with E-state index in [1.165, 1.54) is 0 Å². The van der Waals surface area contributed by atoms with E-state index in [-0.39, 0.29) is 5.97 Å². The third-order valence-corrected chi connectivity index (χ3v) is 3.94. The summed E-state index contributed by atoms with van der Waals surface area (Å²) in [5, 5.41) is 0. The average Bonchev–Trinajstić information content (AvgIpc) is 2.66. The third-order valence-electron chi connectivity index (χ3n) is 3.94. The molecule has 138 valence electrons. The molecule has 0 saturated carbocycles. The lowest BCUT2D eigenvalue weighted by atomic mass is 9.99.